The van der Waals surface area contributed by atoms with E-state index in [1.807, 2.05) is 43.9 Å². The maximum absolute atomic E-state index is 6.29. The van der Waals surface area contributed by atoms with Gasteiger partial charge in [0.05, 0.1) is 15.7 Å². The van der Waals surface area contributed by atoms with Crippen LogP contribution in [0.4, 0.5) is 0 Å². The summed E-state index contributed by atoms with van der Waals surface area (Å²) in [5, 5.41) is 9.06. The van der Waals surface area contributed by atoms with Crippen LogP contribution in [0.5, 0.6) is 0 Å². The highest BCUT2D eigenvalue weighted by Crippen LogP contribution is 2.30. The molecule has 1 aromatic carbocycles. The zero-order chi connectivity index (χ0) is 14.9. The summed E-state index contributed by atoms with van der Waals surface area (Å²) in [6.07, 6.45) is 0.781. The molecule has 0 bridgehead atoms. The fourth-order valence-electron chi connectivity index (χ4n) is 2.57. The first-order chi connectivity index (χ1) is 9.45. The summed E-state index contributed by atoms with van der Waals surface area (Å²) in [4.78, 5) is 0. The lowest BCUT2D eigenvalue weighted by Crippen LogP contribution is -2.20. The van der Waals surface area contributed by atoms with Crippen molar-refractivity contribution < 1.29 is 0 Å². The third kappa shape index (κ3) is 2.85. The zero-order valence-corrected chi connectivity index (χ0v) is 13.7. The predicted octanol–water partition coefficient (Wildman–Crippen LogP) is 3.85. The Morgan fingerprint density at radius 2 is 2.00 bits per heavy atom. The van der Waals surface area contributed by atoms with E-state index in [9.17, 15) is 0 Å². The normalized spacial score (nSPS) is 12.7. The van der Waals surface area contributed by atoms with Crippen LogP contribution in [0, 0.1) is 13.8 Å². The minimum Gasteiger partial charge on any atom is -0.313 e. The molecule has 1 heterocycles. The van der Waals surface area contributed by atoms with Crippen molar-refractivity contribution in [2.45, 2.75) is 26.3 Å². The molecule has 0 aliphatic carbocycles. The smallest absolute Gasteiger partial charge is 0.0644 e. The molecular formula is C15H19Cl2N3. The van der Waals surface area contributed by atoms with E-state index < -0.39 is 0 Å². The SMILES string of the molecule is CNC(Cc1cccc(Cl)c1Cl)c1c(C)nn(C)c1C. The van der Waals surface area contributed by atoms with Crippen LogP contribution in [0.3, 0.4) is 0 Å². The van der Waals surface area contributed by atoms with Gasteiger partial charge in [0, 0.05) is 24.3 Å². The van der Waals surface area contributed by atoms with Gasteiger partial charge in [-0.05, 0) is 38.9 Å². The molecule has 1 N–H and O–H groups in total. The Bertz CT molecular complexity index is 620. The Morgan fingerprint density at radius 1 is 1.30 bits per heavy atom. The minimum atomic E-state index is 0.166. The Labute approximate surface area is 129 Å². The van der Waals surface area contributed by atoms with Gasteiger partial charge in [0.1, 0.15) is 0 Å². The van der Waals surface area contributed by atoms with Crippen LogP contribution < -0.4 is 5.32 Å². The van der Waals surface area contributed by atoms with Gasteiger partial charge in [0.25, 0.3) is 0 Å². The van der Waals surface area contributed by atoms with E-state index >= 15 is 0 Å². The third-order valence-corrected chi connectivity index (χ3v) is 4.58. The quantitative estimate of drug-likeness (QED) is 0.929. The summed E-state index contributed by atoms with van der Waals surface area (Å²) in [7, 11) is 3.92. The Morgan fingerprint density at radius 3 is 2.55 bits per heavy atom. The average molecular weight is 312 g/mol. The largest absolute Gasteiger partial charge is 0.313 e. The van der Waals surface area contributed by atoms with Crippen molar-refractivity contribution in [1.29, 1.82) is 0 Å². The third-order valence-electron chi connectivity index (χ3n) is 3.72. The van der Waals surface area contributed by atoms with Gasteiger partial charge in [-0.1, -0.05) is 35.3 Å². The number of aryl methyl sites for hydroxylation is 2. The molecule has 20 heavy (non-hydrogen) atoms. The van der Waals surface area contributed by atoms with Crippen LogP contribution in [0.1, 0.15) is 28.6 Å². The molecule has 2 aromatic rings. The Hall–Kier alpha value is -1.03. The van der Waals surface area contributed by atoms with Crippen molar-refractivity contribution in [2.24, 2.45) is 7.05 Å². The van der Waals surface area contributed by atoms with E-state index in [1.54, 1.807) is 0 Å². The number of nitrogens with one attached hydrogen (secondary N) is 1. The summed E-state index contributed by atoms with van der Waals surface area (Å²) < 4.78 is 1.91. The van der Waals surface area contributed by atoms with Gasteiger partial charge >= 0.3 is 0 Å². The standard InChI is InChI=1S/C15H19Cl2N3/c1-9-14(10(2)20(4)19-9)13(18-3)8-11-6-5-7-12(16)15(11)17/h5-7,13,18H,8H2,1-4H3. The molecular weight excluding hydrogens is 293 g/mol. The monoisotopic (exact) mass is 311 g/mol. The molecule has 0 saturated carbocycles. The lowest BCUT2D eigenvalue weighted by Gasteiger charge is -2.18. The van der Waals surface area contributed by atoms with E-state index in [2.05, 4.69) is 17.3 Å². The van der Waals surface area contributed by atoms with E-state index in [0.717, 1.165) is 17.7 Å². The molecule has 0 fully saturated rings. The number of aromatic nitrogens is 2. The highest BCUT2D eigenvalue weighted by molar-refractivity contribution is 6.42. The molecule has 3 nitrogen and oxygen atoms in total. The highest BCUT2D eigenvalue weighted by Gasteiger charge is 2.20. The van der Waals surface area contributed by atoms with Crippen LogP contribution in [-0.2, 0) is 13.5 Å². The van der Waals surface area contributed by atoms with Crippen molar-refractivity contribution in [3.05, 3.63) is 50.8 Å². The van der Waals surface area contributed by atoms with Crippen LogP contribution in [0.25, 0.3) is 0 Å². The second-order valence-corrected chi connectivity index (χ2v) is 5.75. The second kappa shape index (κ2) is 6.17. The molecule has 5 heteroatoms. The maximum atomic E-state index is 6.29. The van der Waals surface area contributed by atoms with Crippen molar-refractivity contribution >= 4 is 23.2 Å². The Balaban J connectivity index is 2.36. The molecule has 0 aliphatic heterocycles. The van der Waals surface area contributed by atoms with Gasteiger partial charge < -0.3 is 5.32 Å². The van der Waals surface area contributed by atoms with Crippen molar-refractivity contribution in [3.8, 4) is 0 Å². The van der Waals surface area contributed by atoms with Crippen molar-refractivity contribution in [3.63, 3.8) is 0 Å². The number of halogens is 2. The molecule has 0 amide bonds. The van der Waals surface area contributed by atoms with E-state index in [0.29, 0.717) is 10.0 Å². The number of hydrogen-bond acceptors (Lipinski definition) is 2. The van der Waals surface area contributed by atoms with E-state index in [4.69, 9.17) is 23.2 Å². The van der Waals surface area contributed by atoms with Gasteiger partial charge in [-0.3, -0.25) is 4.68 Å². The number of benzene rings is 1. The average Bonchev–Trinajstić information content (AvgIpc) is 2.66. The van der Waals surface area contributed by atoms with Crippen LogP contribution in [-0.4, -0.2) is 16.8 Å². The summed E-state index contributed by atoms with van der Waals surface area (Å²) in [6.45, 7) is 4.12. The van der Waals surface area contributed by atoms with Gasteiger partial charge in [-0.15, -0.1) is 0 Å². The molecule has 1 unspecified atom stereocenters. The number of rotatable bonds is 4. The maximum Gasteiger partial charge on any atom is 0.0644 e. The van der Waals surface area contributed by atoms with Crippen molar-refractivity contribution in [1.82, 2.24) is 15.1 Å². The van der Waals surface area contributed by atoms with E-state index in [-0.39, 0.29) is 6.04 Å². The van der Waals surface area contributed by atoms with Gasteiger partial charge in [-0.25, -0.2) is 0 Å². The zero-order valence-electron chi connectivity index (χ0n) is 12.2. The molecule has 0 aliphatic rings. The van der Waals surface area contributed by atoms with Crippen LogP contribution in [0.15, 0.2) is 18.2 Å². The fourth-order valence-corrected chi connectivity index (χ4v) is 2.97. The number of nitrogens with zero attached hydrogens (tertiary/aromatic N) is 2. The summed E-state index contributed by atoms with van der Waals surface area (Å²) in [5.41, 5.74) is 4.48. The first-order valence-electron chi connectivity index (χ1n) is 6.56. The van der Waals surface area contributed by atoms with Gasteiger partial charge in [0.2, 0.25) is 0 Å². The topological polar surface area (TPSA) is 29.9 Å². The molecule has 1 atom stereocenters. The summed E-state index contributed by atoms with van der Waals surface area (Å²) in [5.74, 6) is 0. The minimum absolute atomic E-state index is 0.166. The van der Waals surface area contributed by atoms with Gasteiger partial charge in [-0.2, -0.15) is 5.10 Å². The fraction of sp³-hybridized carbons (Fsp3) is 0.400. The molecule has 2 rings (SSSR count). The highest BCUT2D eigenvalue weighted by atomic mass is 35.5. The van der Waals surface area contributed by atoms with Crippen molar-refractivity contribution in [2.75, 3.05) is 7.05 Å². The molecule has 0 radical (unpaired) electrons. The number of likely N-dealkylation sites (N-methyl/N-ethyl adjacent to an activating group) is 1. The molecule has 1 aromatic heterocycles. The van der Waals surface area contributed by atoms with Crippen LogP contribution in [0.2, 0.25) is 10.0 Å². The molecule has 0 saturated heterocycles. The van der Waals surface area contributed by atoms with Crippen LogP contribution >= 0.6 is 23.2 Å². The second-order valence-electron chi connectivity index (χ2n) is 4.97. The lowest BCUT2D eigenvalue weighted by atomic mass is 9.97. The Kier molecular flexibility index (Phi) is 4.74. The summed E-state index contributed by atoms with van der Waals surface area (Å²) >= 11 is 12.4. The predicted molar refractivity (Wildman–Crippen MR) is 84.6 cm³/mol. The first kappa shape index (κ1) is 15.4. The molecule has 108 valence electrons. The first-order valence-corrected chi connectivity index (χ1v) is 7.31. The van der Waals surface area contributed by atoms with Gasteiger partial charge in [0.15, 0.2) is 0 Å². The van der Waals surface area contributed by atoms with E-state index in [1.165, 1.54) is 11.3 Å². The molecule has 0 spiro atoms. The number of hydrogen-bond donors (Lipinski definition) is 1. The summed E-state index contributed by atoms with van der Waals surface area (Å²) in [6, 6.07) is 5.92. The lowest BCUT2D eigenvalue weighted by molar-refractivity contribution is 0.584.